The van der Waals surface area contributed by atoms with Crippen LogP contribution in [-0.4, -0.2) is 26.4 Å². The second kappa shape index (κ2) is 7.73. The van der Waals surface area contributed by atoms with Crippen LogP contribution < -0.4 is 5.32 Å². The van der Waals surface area contributed by atoms with Crippen LogP contribution in [-0.2, 0) is 4.79 Å². The molecular weight excluding hydrogens is 395 g/mol. The topological polar surface area (TPSA) is 59.8 Å². The molecule has 28 heavy (non-hydrogen) atoms. The minimum Gasteiger partial charge on any atom is -0.310 e. The van der Waals surface area contributed by atoms with E-state index in [1.807, 2.05) is 44.2 Å². The lowest BCUT2D eigenvalue weighted by Gasteiger charge is -2.06. The fourth-order valence-corrected chi connectivity index (χ4v) is 4.33. The molecule has 0 bridgehead atoms. The summed E-state index contributed by atoms with van der Waals surface area (Å²) in [5.41, 5.74) is 2.23. The number of rotatable bonds is 5. The largest absolute Gasteiger partial charge is 0.310 e. The van der Waals surface area contributed by atoms with Crippen LogP contribution in [0.15, 0.2) is 53.4 Å². The average molecular weight is 413 g/mol. The van der Waals surface area contributed by atoms with Crippen molar-refractivity contribution in [3.05, 3.63) is 65.6 Å². The van der Waals surface area contributed by atoms with Gasteiger partial charge in [-0.3, -0.25) is 4.79 Å². The molecule has 0 spiro atoms. The highest BCUT2D eigenvalue weighted by Gasteiger charge is 2.16. The molecule has 142 valence electrons. The van der Waals surface area contributed by atoms with Crippen molar-refractivity contribution in [1.82, 2.24) is 14.8 Å². The minimum absolute atomic E-state index is 0.140. The molecule has 0 saturated carbocycles. The van der Waals surface area contributed by atoms with Crippen LogP contribution in [0.5, 0.6) is 0 Å². The monoisotopic (exact) mass is 412 g/mol. The number of thioether (sulfide) groups is 1. The third kappa shape index (κ3) is 3.93. The average Bonchev–Trinajstić information content (AvgIpc) is 3.25. The summed E-state index contributed by atoms with van der Waals surface area (Å²) in [6.45, 7) is 3.86. The maximum absolute atomic E-state index is 14.0. The number of anilines is 1. The van der Waals surface area contributed by atoms with Gasteiger partial charge in [0.2, 0.25) is 11.0 Å². The van der Waals surface area contributed by atoms with E-state index in [9.17, 15) is 9.18 Å². The van der Waals surface area contributed by atoms with E-state index >= 15 is 0 Å². The number of nitrogens with one attached hydrogen (secondary N) is 1. The SMILES string of the molecule is Cc1ccc(SCC(=O)Nc2cc(C)nn2-c2nc3c(F)cccc3s2)cc1. The first-order chi connectivity index (χ1) is 13.5. The van der Waals surface area contributed by atoms with E-state index < -0.39 is 0 Å². The van der Waals surface area contributed by atoms with Crippen molar-refractivity contribution < 1.29 is 9.18 Å². The molecule has 4 rings (SSSR count). The van der Waals surface area contributed by atoms with Gasteiger partial charge in [-0.1, -0.05) is 35.1 Å². The molecule has 0 aliphatic carbocycles. The summed E-state index contributed by atoms with van der Waals surface area (Å²) >= 11 is 2.79. The molecular formula is C20H17FN4OS2. The highest BCUT2D eigenvalue weighted by atomic mass is 32.2. The van der Waals surface area contributed by atoms with Gasteiger partial charge in [-0.05, 0) is 38.1 Å². The number of thiazole rings is 1. The fourth-order valence-electron chi connectivity index (χ4n) is 2.69. The Labute approximate surface area is 169 Å². The van der Waals surface area contributed by atoms with Crippen LogP contribution in [0.4, 0.5) is 10.2 Å². The number of aryl methyl sites for hydroxylation is 2. The van der Waals surface area contributed by atoms with Gasteiger partial charge >= 0.3 is 0 Å². The van der Waals surface area contributed by atoms with Crippen LogP contribution in [0.25, 0.3) is 15.3 Å². The highest BCUT2D eigenvalue weighted by molar-refractivity contribution is 8.00. The molecule has 8 heteroatoms. The van der Waals surface area contributed by atoms with Gasteiger partial charge in [0.25, 0.3) is 0 Å². The number of halogens is 1. The van der Waals surface area contributed by atoms with Gasteiger partial charge in [-0.15, -0.1) is 11.8 Å². The first-order valence-corrected chi connectivity index (χ1v) is 10.4. The van der Waals surface area contributed by atoms with E-state index in [1.165, 1.54) is 34.7 Å². The summed E-state index contributed by atoms with van der Waals surface area (Å²) in [7, 11) is 0. The number of hydrogen-bond acceptors (Lipinski definition) is 5. The molecule has 2 aromatic carbocycles. The minimum atomic E-state index is -0.371. The van der Waals surface area contributed by atoms with Gasteiger partial charge in [0.1, 0.15) is 17.2 Å². The molecule has 4 aromatic rings. The molecule has 2 heterocycles. The van der Waals surface area contributed by atoms with E-state index in [2.05, 4.69) is 15.4 Å². The van der Waals surface area contributed by atoms with E-state index in [1.54, 1.807) is 16.8 Å². The Kier molecular flexibility index (Phi) is 5.15. The van der Waals surface area contributed by atoms with Crippen LogP contribution in [0, 0.1) is 19.7 Å². The van der Waals surface area contributed by atoms with Gasteiger partial charge in [0.05, 0.1) is 16.1 Å². The Morgan fingerprint density at radius 1 is 1.21 bits per heavy atom. The molecule has 0 unspecified atom stereocenters. The maximum atomic E-state index is 14.0. The van der Waals surface area contributed by atoms with E-state index in [0.29, 0.717) is 16.5 Å². The fraction of sp³-hybridized carbons (Fsp3) is 0.150. The molecule has 0 aliphatic heterocycles. The summed E-state index contributed by atoms with van der Waals surface area (Å²) < 4.78 is 16.2. The number of nitrogens with zero attached hydrogens (tertiary/aromatic N) is 3. The van der Waals surface area contributed by atoms with Crippen LogP contribution in [0.3, 0.4) is 0 Å². The molecule has 2 aromatic heterocycles. The van der Waals surface area contributed by atoms with Gasteiger partial charge in [-0.2, -0.15) is 9.78 Å². The number of fused-ring (bicyclic) bond motifs is 1. The number of para-hydroxylation sites is 1. The molecule has 0 saturated heterocycles. The molecule has 0 fully saturated rings. The van der Waals surface area contributed by atoms with Crippen LogP contribution in [0.2, 0.25) is 0 Å². The number of hydrogen-bond donors (Lipinski definition) is 1. The Balaban J connectivity index is 1.53. The molecule has 0 aliphatic rings. The second-order valence-electron chi connectivity index (χ2n) is 6.32. The van der Waals surface area contributed by atoms with Crippen molar-refractivity contribution >= 4 is 45.0 Å². The van der Waals surface area contributed by atoms with Crippen molar-refractivity contribution in [2.75, 3.05) is 11.1 Å². The summed E-state index contributed by atoms with van der Waals surface area (Å²) in [4.78, 5) is 17.8. The molecule has 0 radical (unpaired) electrons. The zero-order valence-electron chi connectivity index (χ0n) is 15.3. The number of aromatic nitrogens is 3. The van der Waals surface area contributed by atoms with Crippen LogP contribution >= 0.6 is 23.1 Å². The summed E-state index contributed by atoms with van der Waals surface area (Å²) in [5, 5.41) is 7.80. The van der Waals surface area contributed by atoms with E-state index in [4.69, 9.17) is 0 Å². The van der Waals surface area contributed by atoms with E-state index in [0.717, 1.165) is 15.3 Å². The first-order valence-electron chi connectivity index (χ1n) is 8.61. The van der Waals surface area contributed by atoms with Gasteiger partial charge < -0.3 is 5.32 Å². The normalized spacial score (nSPS) is 11.1. The zero-order valence-corrected chi connectivity index (χ0v) is 16.9. The maximum Gasteiger partial charge on any atom is 0.235 e. The Morgan fingerprint density at radius 2 is 2.00 bits per heavy atom. The highest BCUT2D eigenvalue weighted by Crippen LogP contribution is 2.29. The number of amides is 1. The van der Waals surface area contributed by atoms with Crippen molar-refractivity contribution in [2.45, 2.75) is 18.7 Å². The van der Waals surface area contributed by atoms with E-state index in [-0.39, 0.29) is 17.5 Å². The number of carbonyl (C=O) groups is 1. The summed E-state index contributed by atoms with van der Waals surface area (Å²) in [6.07, 6.45) is 0. The second-order valence-corrected chi connectivity index (χ2v) is 8.37. The van der Waals surface area contributed by atoms with Crippen molar-refractivity contribution in [3.63, 3.8) is 0 Å². The predicted molar refractivity (Wildman–Crippen MR) is 112 cm³/mol. The third-order valence-electron chi connectivity index (χ3n) is 4.03. The smallest absolute Gasteiger partial charge is 0.235 e. The Bertz CT molecular complexity index is 1150. The van der Waals surface area contributed by atoms with Gasteiger partial charge in [-0.25, -0.2) is 9.37 Å². The van der Waals surface area contributed by atoms with Crippen molar-refractivity contribution in [3.8, 4) is 5.13 Å². The third-order valence-corrected chi connectivity index (χ3v) is 6.04. The first kappa shape index (κ1) is 18.6. The lowest BCUT2D eigenvalue weighted by molar-refractivity contribution is -0.113. The number of benzene rings is 2. The van der Waals surface area contributed by atoms with Gasteiger partial charge in [0, 0.05) is 11.0 Å². The molecule has 5 nitrogen and oxygen atoms in total. The summed E-state index contributed by atoms with van der Waals surface area (Å²) in [5.74, 6) is 0.288. The number of carbonyl (C=O) groups excluding carboxylic acids is 1. The predicted octanol–water partition coefficient (Wildman–Crippen LogP) is 4.97. The Hall–Kier alpha value is -2.71. The molecule has 1 amide bonds. The standard InChI is InChI=1S/C20H17FN4OS2/c1-12-6-8-14(9-7-12)27-11-18(26)22-17-10-13(2)24-25(17)20-23-19-15(21)4-3-5-16(19)28-20/h3-10H,11H2,1-2H3,(H,22,26). The zero-order chi connectivity index (χ0) is 19.7. The van der Waals surface area contributed by atoms with Crippen LogP contribution in [0.1, 0.15) is 11.3 Å². The van der Waals surface area contributed by atoms with Crippen molar-refractivity contribution in [1.29, 1.82) is 0 Å². The molecule has 0 atom stereocenters. The quantitative estimate of drug-likeness (QED) is 0.470. The lowest BCUT2D eigenvalue weighted by atomic mass is 10.2. The summed E-state index contributed by atoms with van der Waals surface area (Å²) in [6, 6.07) is 14.7. The Morgan fingerprint density at radius 3 is 2.75 bits per heavy atom. The molecule has 1 N–H and O–H groups in total. The lowest BCUT2D eigenvalue weighted by Crippen LogP contribution is -2.16. The van der Waals surface area contributed by atoms with Gasteiger partial charge in [0.15, 0.2) is 0 Å². The van der Waals surface area contributed by atoms with Crippen molar-refractivity contribution in [2.24, 2.45) is 0 Å².